The minimum absolute atomic E-state index is 0.0821. The molecule has 1 amide bonds. The van der Waals surface area contributed by atoms with Crippen molar-refractivity contribution in [1.29, 1.82) is 0 Å². The highest BCUT2D eigenvalue weighted by atomic mass is 16.1. The lowest BCUT2D eigenvalue weighted by molar-refractivity contribution is 0.0945. The van der Waals surface area contributed by atoms with Gasteiger partial charge in [-0.3, -0.25) is 9.78 Å². The summed E-state index contributed by atoms with van der Waals surface area (Å²) < 4.78 is 1.74. The Morgan fingerprint density at radius 3 is 2.81 bits per heavy atom. The number of hydrogen-bond donors (Lipinski definition) is 1. The molecule has 3 aromatic rings. The molecule has 3 rings (SSSR count). The van der Waals surface area contributed by atoms with E-state index in [1.807, 2.05) is 50.4 Å². The lowest BCUT2D eigenvalue weighted by atomic mass is 10.1. The Morgan fingerprint density at radius 1 is 1.24 bits per heavy atom. The van der Waals surface area contributed by atoms with Gasteiger partial charge in [-0.2, -0.15) is 5.10 Å². The zero-order chi connectivity index (χ0) is 14.8. The maximum Gasteiger partial charge on any atom is 0.252 e. The van der Waals surface area contributed by atoms with Crippen molar-refractivity contribution in [2.75, 3.05) is 0 Å². The van der Waals surface area contributed by atoms with E-state index in [4.69, 9.17) is 0 Å². The van der Waals surface area contributed by atoms with Gasteiger partial charge in [0.25, 0.3) is 5.91 Å². The van der Waals surface area contributed by atoms with Crippen molar-refractivity contribution < 1.29 is 4.79 Å². The Kier molecular flexibility index (Phi) is 3.39. The summed E-state index contributed by atoms with van der Waals surface area (Å²) in [6.45, 7) is 3.88. The first-order valence-corrected chi connectivity index (χ1v) is 6.85. The highest BCUT2D eigenvalue weighted by Gasteiger charge is 2.13. The Hall–Kier alpha value is -2.69. The van der Waals surface area contributed by atoms with Crippen LogP contribution in [-0.4, -0.2) is 26.7 Å². The van der Waals surface area contributed by atoms with E-state index in [1.54, 1.807) is 17.1 Å². The van der Waals surface area contributed by atoms with Gasteiger partial charge >= 0.3 is 0 Å². The van der Waals surface area contributed by atoms with Gasteiger partial charge in [-0.25, -0.2) is 4.68 Å². The van der Waals surface area contributed by atoms with Gasteiger partial charge in [0.15, 0.2) is 0 Å². The highest BCUT2D eigenvalue weighted by molar-refractivity contribution is 6.06. The van der Waals surface area contributed by atoms with Crippen LogP contribution in [0.1, 0.15) is 24.2 Å². The number of carbonyl (C=O) groups excluding carboxylic acids is 1. The van der Waals surface area contributed by atoms with Crippen LogP contribution in [0, 0.1) is 0 Å². The zero-order valence-corrected chi connectivity index (χ0v) is 11.9. The molecule has 0 bridgehead atoms. The molecule has 5 heteroatoms. The molecule has 0 spiro atoms. The molecule has 0 atom stereocenters. The van der Waals surface area contributed by atoms with Gasteiger partial charge in [0.05, 0.1) is 23.0 Å². The summed E-state index contributed by atoms with van der Waals surface area (Å²) in [6.07, 6.45) is 5.32. The normalized spacial score (nSPS) is 11.0. The van der Waals surface area contributed by atoms with Gasteiger partial charge in [-0.05, 0) is 38.1 Å². The van der Waals surface area contributed by atoms with Crippen LogP contribution in [-0.2, 0) is 0 Å². The van der Waals surface area contributed by atoms with Crippen LogP contribution >= 0.6 is 0 Å². The molecule has 0 aliphatic carbocycles. The van der Waals surface area contributed by atoms with Gasteiger partial charge in [0.2, 0.25) is 0 Å². The van der Waals surface area contributed by atoms with Gasteiger partial charge in [0, 0.05) is 23.8 Å². The number of nitrogens with one attached hydrogen (secondary N) is 1. The van der Waals surface area contributed by atoms with Gasteiger partial charge in [-0.1, -0.05) is 6.07 Å². The third-order valence-corrected chi connectivity index (χ3v) is 3.12. The first kappa shape index (κ1) is 13.3. The number of fused-ring (bicyclic) bond motifs is 1. The average Bonchev–Trinajstić information content (AvgIpc) is 2.91. The molecule has 21 heavy (non-hydrogen) atoms. The molecule has 1 aromatic carbocycles. The van der Waals surface area contributed by atoms with Gasteiger partial charge < -0.3 is 5.32 Å². The van der Waals surface area contributed by atoms with Gasteiger partial charge in [-0.15, -0.1) is 0 Å². The third kappa shape index (κ3) is 2.63. The zero-order valence-electron chi connectivity index (χ0n) is 11.9. The Bertz CT molecular complexity index is 777. The smallest absolute Gasteiger partial charge is 0.252 e. The predicted molar refractivity (Wildman–Crippen MR) is 81.5 cm³/mol. The van der Waals surface area contributed by atoms with Crippen LogP contribution in [0.5, 0.6) is 0 Å². The number of nitrogens with zero attached hydrogens (tertiary/aromatic N) is 3. The minimum Gasteiger partial charge on any atom is -0.350 e. The van der Waals surface area contributed by atoms with Crippen molar-refractivity contribution in [3.63, 3.8) is 0 Å². The number of benzene rings is 1. The van der Waals surface area contributed by atoms with E-state index in [9.17, 15) is 4.79 Å². The third-order valence-electron chi connectivity index (χ3n) is 3.12. The fourth-order valence-corrected chi connectivity index (χ4v) is 2.20. The molecule has 0 saturated carbocycles. The molecule has 0 aliphatic rings. The van der Waals surface area contributed by atoms with E-state index in [2.05, 4.69) is 15.4 Å². The average molecular weight is 280 g/mol. The summed E-state index contributed by atoms with van der Waals surface area (Å²) in [6, 6.07) is 9.43. The van der Waals surface area contributed by atoms with Crippen LogP contribution in [0.25, 0.3) is 16.6 Å². The molecular formula is C16H16N4O. The summed E-state index contributed by atoms with van der Waals surface area (Å²) in [5.41, 5.74) is 2.29. The lowest BCUT2D eigenvalue weighted by Gasteiger charge is -2.08. The molecule has 2 heterocycles. The molecule has 0 aliphatic heterocycles. The van der Waals surface area contributed by atoms with E-state index in [0.29, 0.717) is 5.56 Å². The number of rotatable bonds is 3. The Labute approximate surface area is 122 Å². The van der Waals surface area contributed by atoms with E-state index in [0.717, 1.165) is 16.6 Å². The van der Waals surface area contributed by atoms with E-state index in [1.165, 1.54) is 0 Å². The number of amides is 1. The monoisotopic (exact) mass is 280 g/mol. The van der Waals surface area contributed by atoms with Crippen LogP contribution in [0.15, 0.2) is 48.9 Å². The maximum absolute atomic E-state index is 12.3. The second-order valence-electron chi connectivity index (χ2n) is 5.15. The quantitative estimate of drug-likeness (QED) is 0.802. The van der Waals surface area contributed by atoms with Crippen molar-refractivity contribution >= 4 is 16.8 Å². The number of hydrogen-bond acceptors (Lipinski definition) is 3. The molecule has 106 valence electrons. The summed E-state index contributed by atoms with van der Waals surface area (Å²) in [4.78, 5) is 16.3. The standard InChI is InChI=1S/C16H16N4O/c1-11(2)18-16(21)13-6-3-7-15-14(13)10-20(19-15)12-5-4-8-17-9-12/h3-11H,1-2H3,(H,18,21). The molecule has 5 nitrogen and oxygen atoms in total. The van der Waals surface area contributed by atoms with Crippen LogP contribution in [0.3, 0.4) is 0 Å². The van der Waals surface area contributed by atoms with Crippen LogP contribution in [0.2, 0.25) is 0 Å². The van der Waals surface area contributed by atoms with Crippen molar-refractivity contribution in [3.8, 4) is 5.69 Å². The van der Waals surface area contributed by atoms with Crippen molar-refractivity contribution in [1.82, 2.24) is 20.1 Å². The molecule has 1 N–H and O–H groups in total. The van der Waals surface area contributed by atoms with E-state index >= 15 is 0 Å². The Morgan fingerprint density at radius 2 is 2.10 bits per heavy atom. The highest BCUT2D eigenvalue weighted by Crippen LogP contribution is 2.19. The second kappa shape index (κ2) is 5.36. The first-order valence-electron chi connectivity index (χ1n) is 6.85. The topological polar surface area (TPSA) is 59.8 Å². The lowest BCUT2D eigenvalue weighted by Crippen LogP contribution is -2.30. The summed E-state index contributed by atoms with van der Waals surface area (Å²) in [5.74, 6) is -0.0821. The van der Waals surface area contributed by atoms with E-state index in [-0.39, 0.29) is 11.9 Å². The van der Waals surface area contributed by atoms with Gasteiger partial charge in [0.1, 0.15) is 0 Å². The van der Waals surface area contributed by atoms with Crippen molar-refractivity contribution in [2.45, 2.75) is 19.9 Å². The minimum atomic E-state index is -0.0821. The molecule has 0 saturated heterocycles. The maximum atomic E-state index is 12.3. The molecule has 2 aromatic heterocycles. The molecular weight excluding hydrogens is 264 g/mol. The Balaban J connectivity index is 2.08. The summed E-state index contributed by atoms with van der Waals surface area (Å²) in [7, 11) is 0. The summed E-state index contributed by atoms with van der Waals surface area (Å²) >= 11 is 0. The van der Waals surface area contributed by atoms with Crippen molar-refractivity contribution in [3.05, 3.63) is 54.5 Å². The molecule has 0 unspecified atom stereocenters. The largest absolute Gasteiger partial charge is 0.350 e. The molecule has 0 fully saturated rings. The van der Waals surface area contributed by atoms with Crippen molar-refractivity contribution in [2.24, 2.45) is 0 Å². The van der Waals surface area contributed by atoms with E-state index < -0.39 is 0 Å². The predicted octanol–water partition coefficient (Wildman–Crippen LogP) is 2.56. The first-order chi connectivity index (χ1) is 10.1. The second-order valence-corrected chi connectivity index (χ2v) is 5.15. The fourth-order valence-electron chi connectivity index (χ4n) is 2.20. The molecule has 0 radical (unpaired) electrons. The number of pyridine rings is 1. The van der Waals surface area contributed by atoms with Crippen LogP contribution in [0.4, 0.5) is 0 Å². The fraction of sp³-hybridized carbons (Fsp3) is 0.188. The summed E-state index contributed by atoms with van der Waals surface area (Å²) in [5, 5.41) is 8.25. The number of carbonyl (C=O) groups is 1. The van der Waals surface area contributed by atoms with Crippen LogP contribution < -0.4 is 5.32 Å². The SMILES string of the molecule is CC(C)NC(=O)c1cccc2nn(-c3cccnc3)cc12. The number of aromatic nitrogens is 3.